The molecular weight excluding hydrogens is 508 g/mol. The van der Waals surface area contributed by atoms with Crippen molar-refractivity contribution in [2.24, 2.45) is 4.99 Å². The summed E-state index contributed by atoms with van der Waals surface area (Å²) in [5.41, 5.74) is 0.00486. The summed E-state index contributed by atoms with van der Waals surface area (Å²) in [6, 6.07) is 4.94. The lowest BCUT2D eigenvalue weighted by Gasteiger charge is -2.26. The molecule has 0 amide bonds. The van der Waals surface area contributed by atoms with E-state index >= 15 is 0 Å². The van der Waals surface area contributed by atoms with Gasteiger partial charge in [-0.25, -0.2) is 13.4 Å². The molecule has 1 aliphatic heterocycles. The lowest BCUT2D eigenvalue weighted by Crippen LogP contribution is -2.45. The minimum atomic E-state index is -4.34. The molecule has 1 saturated heterocycles. The van der Waals surface area contributed by atoms with Crippen molar-refractivity contribution in [2.75, 3.05) is 44.2 Å². The van der Waals surface area contributed by atoms with E-state index in [1.807, 2.05) is 6.92 Å². The van der Waals surface area contributed by atoms with E-state index in [4.69, 9.17) is 0 Å². The molecule has 28 heavy (non-hydrogen) atoms. The Morgan fingerprint density at radius 3 is 2.29 bits per heavy atom. The molecule has 0 atom stereocenters. The Morgan fingerprint density at radius 1 is 1.14 bits per heavy atom. The molecule has 6 nitrogen and oxygen atoms in total. The second-order valence-corrected chi connectivity index (χ2v) is 8.61. The molecule has 11 heteroatoms. The Balaban J connectivity index is 0.00000392. The maximum atomic E-state index is 12.6. The minimum absolute atomic E-state index is 0. The summed E-state index contributed by atoms with van der Waals surface area (Å²) in [5.74, 6) is 0.950. The second-order valence-electron chi connectivity index (χ2n) is 6.31. The van der Waals surface area contributed by atoms with Gasteiger partial charge < -0.3 is 10.6 Å². The highest BCUT2D eigenvalue weighted by molar-refractivity contribution is 14.0. The van der Waals surface area contributed by atoms with Crippen LogP contribution >= 0.6 is 24.0 Å². The van der Waals surface area contributed by atoms with Crippen molar-refractivity contribution in [3.05, 3.63) is 35.4 Å². The Labute approximate surface area is 180 Å². The van der Waals surface area contributed by atoms with E-state index in [0.29, 0.717) is 44.2 Å². The van der Waals surface area contributed by atoms with Crippen LogP contribution in [-0.2, 0) is 22.6 Å². The molecule has 1 heterocycles. The van der Waals surface area contributed by atoms with Crippen LogP contribution in [0.25, 0.3) is 0 Å². The van der Waals surface area contributed by atoms with E-state index in [-0.39, 0.29) is 42.0 Å². The summed E-state index contributed by atoms with van der Waals surface area (Å²) in [5, 5.41) is 6.25. The van der Waals surface area contributed by atoms with Crippen molar-refractivity contribution < 1.29 is 21.6 Å². The van der Waals surface area contributed by atoms with Crippen molar-refractivity contribution in [1.82, 2.24) is 15.5 Å². The third kappa shape index (κ3) is 8.52. The largest absolute Gasteiger partial charge is 0.416 e. The van der Waals surface area contributed by atoms with Gasteiger partial charge in [-0.3, -0.25) is 4.90 Å². The van der Waals surface area contributed by atoms with Crippen molar-refractivity contribution in [3.8, 4) is 0 Å². The zero-order valence-electron chi connectivity index (χ0n) is 15.6. The first-order valence-electron chi connectivity index (χ1n) is 8.81. The molecule has 0 aromatic heterocycles. The molecule has 0 saturated carbocycles. The van der Waals surface area contributed by atoms with Crippen LogP contribution in [-0.4, -0.2) is 63.5 Å². The number of nitrogens with one attached hydrogen (secondary N) is 2. The van der Waals surface area contributed by atoms with Crippen LogP contribution in [0, 0.1) is 0 Å². The number of hydrogen-bond acceptors (Lipinski definition) is 4. The third-order valence-corrected chi connectivity index (χ3v) is 5.81. The number of sulfone groups is 1. The highest BCUT2D eigenvalue weighted by Gasteiger charge is 2.29. The van der Waals surface area contributed by atoms with Crippen LogP contribution in [0.5, 0.6) is 0 Å². The predicted octanol–water partition coefficient (Wildman–Crippen LogP) is 2.11. The summed E-state index contributed by atoms with van der Waals surface area (Å²) >= 11 is 0. The van der Waals surface area contributed by atoms with Crippen LogP contribution < -0.4 is 10.6 Å². The van der Waals surface area contributed by atoms with Crippen LogP contribution in [0.3, 0.4) is 0 Å². The van der Waals surface area contributed by atoms with Gasteiger partial charge in [-0.1, -0.05) is 12.1 Å². The molecule has 0 bridgehead atoms. The van der Waals surface area contributed by atoms with Crippen molar-refractivity contribution in [3.63, 3.8) is 0 Å². The van der Waals surface area contributed by atoms with Crippen molar-refractivity contribution in [1.29, 1.82) is 0 Å². The van der Waals surface area contributed by atoms with E-state index in [1.165, 1.54) is 12.1 Å². The Bertz CT molecular complexity index is 726. The molecule has 0 radical (unpaired) electrons. The molecule has 1 aromatic rings. The van der Waals surface area contributed by atoms with Crippen molar-refractivity contribution >= 4 is 39.8 Å². The molecule has 2 rings (SSSR count). The number of alkyl halides is 3. The lowest BCUT2D eigenvalue weighted by atomic mass is 10.1. The smallest absolute Gasteiger partial charge is 0.357 e. The molecule has 1 aliphatic rings. The van der Waals surface area contributed by atoms with Crippen LogP contribution in [0.1, 0.15) is 18.1 Å². The highest BCUT2D eigenvalue weighted by Crippen LogP contribution is 2.29. The van der Waals surface area contributed by atoms with E-state index in [0.717, 1.165) is 12.1 Å². The van der Waals surface area contributed by atoms with Gasteiger partial charge in [0.05, 0.1) is 23.6 Å². The van der Waals surface area contributed by atoms with Gasteiger partial charge in [0, 0.05) is 32.7 Å². The Morgan fingerprint density at radius 2 is 1.75 bits per heavy atom. The molecule has 1 aromatic carbocycles. The first-order valence-corrected chi connectivity index (χ1v) is 10.6. The van der Waals surface area contributed by atoms with E-state index < -0.39 is 21.6 Å². The summed E-state index contributed by atoms with van der Waals surface area (Å²) < 4.78 is 60.6. The lowest BCUT2D eigenvalue weighted by molar-refractivity contribution is -0.137. The number of benzene rings is 1. The summed E-state index contributed by atoms with van der Waals surface area (Å²) in [4.78, 5) is 6.46. The molecule has 0 spiro atoms. The first-order chi connectivity index (χ1) is 12.7. The van der Waals surface area contributed by atoms with Gasteiger partial charge >= 0.3 is 6.18 Å². The zero-order chi connectivity index (χ0) is 19.9. The average molecular weight is 534 g/mol. The molecule has 160 valence electrons. The molecule has 0 aliphatic carbocycles. The average Bonchev–Trinajstić information content (AvgIpc) is 2.60. The fraction of sp³-hybridized carbons (Fsp3) is 0.588. The topological polar surface area (TPSA) is 73.8 Å². The maximum absolute atomic E-state index is 12.6. The summed E-state index contributed by atoms with van der Waals surface area (Å²) in [6.07, 6.45) is -4.34. The number of aliphatic imine (C=N–C) groups is 1. The highest BCUT2D eigenvalue weighted by atomic mass is 127. The summed E-state index contributed by atoms with van der Waals surface area (Å²) in [7, 11) is -2.89. The SMILES string of the molecule is CCNC(=NCc1ccc(C(F)(F)F)cc1)NCCN1CCS(=O)(=O)CC1.I. The zero-order valence-corrected chi connectivity index (χ0v) is 18.8. The Kier molecular flexibility index (Phi) is 9.98. The van der Waals surface area contributed by atoms with Crippen molar-refractivity contribution in [2.45, 2.75) is 19.6 Å². The third-order valence-electron chi connectivity index (χ3n) is 4.20. The van der Waals surface area contributed by atoms with E-state index in [2.05, 4.69) is 20.5 Å². The fourth-order valence-electron chi connectivity index (χ4n) is 2.62. The van der Waals surface area contributed by atoms with Gasteiger partial charge in [0.2, 0.25) is 0 Å². The van der Waals surface area contributed by atoms with Crippen LogP contribution in [0.2, 0.25) is 0 Å². The van der Waals surface area contributed by atoms with Gasteiger partial charge in [0.25, 0.3) is 0 Å². The minimum Gasteiger partial charge on any atom is -0.357 e. The number of hydrogen-bond donors (Lipinski definition) is 2. The quantitative estimate of drug-likeness (QED) is 0.333. The first kappa shape index (κ1) is 25.0. The summed E-state index contributed by atoms with van der Waals surface area (Å²) in [6.45, 7) is 5.19. The van der Waals surface area contributed by atoms with E-state index in [1.54, 1.807) is 0 Å². The van der Waals surface area contributed by atoms with Gasteiger partial charge in [-0.2, -0.15) is 13.2 Å². The van der Waals surface area contributed by atoms with Crippen LogP contribution in [0.4, 0.5) is 13.2 Å². The molecular formula is C17H26F3IN4O2S. The number of halogens is 4. The molecule has 0 unspecified atom stereocenters. The molecule has 2 N–H and O–H groups in total. The second kappa shape index (κ2) is 11.2. The normalized spacial score (nSPS) is 17.6. The standard InChI is InChI=1S/C17H25F3N4O2S.HI/c1-2-21-16(22-7-8-24-9-11-27(25,26)12-10-24)23-13-14-3-5-15(6-4-14)17(18,19)20;/h3-6H,2,7-13H2,1H3,(H2,21,22,23);1H. The predicted molar refractivity (Wildman–Crippen MR) is 115 cm³/mol. The number of guanidine groups is 1. The van der Waals surface area contributed by atoms with Crippen LogP contribution in [0.15, 0.2) is 29.3 Å². The maximum Gasteiger partial charge on any atom is 0.416 e. The number of nitrogens with zero attached hydrogens (tertiary/aromatic N) is 2. The van der Waals surface area contributed by atoms with Gasteiger partial charge in [0.1, 0.15) is 0 Å². The molecule has 1 fully saturated rings. The van der Waals surface area contributed by atoms with Gasteiger partial charge in [0.15, 0.2) is 15.8 Å². The van der Waals surface area contributed by atoms with Gasteiger partial charge in [-0.15, -0.1) is 24.0 Å². The Hall–Kier alpha value is -1.08. The van der Waals surface area contributed by atoms with Gasteiger partial charge in [-0.05, 0) is 24.6 Å². The fourth-order valence-corrected chi connectivity index (χ4v) is 3.89. The monoisotopic (exact) mass is 534 g/mol. The number of rotatable bonds is 6. The van der Waals surface area contributed by atoms with E-state index in [9.17, 15) is 21.6 Å².